The molecular formula is C13H28N2O. The Labute approximate surface area is 100 Å². The van der Waals surface area contributed by atoms with Gasteiger partial charge in [0.25, 0.3) is 0 Å². The van der Waals surface area contributed by atoms with Gasteiger partial charge in [-0.1, -0.05) is 46.0 Å². The summed E-state index contributed by atoms with van der Waals surface area (Å²) in [6, 6.07) is 0.273. The van der Waals surface area contributed by atoms with Crippen molar-refractivity contribution in [3.8, 4) is 0 Å². The first-order valence-corrected chi connectivity index (χ1v) is 6.75. The van der Waals surface area contributed by atoms with Gasteiger partial charge in [-0.15, -0.1) is 0 Å². The Balaban J connectivity index is 3.39. The zero-order valence-corrected chi connectivity index (χ0v) is 11.1. The van der Waals surface area contributed by atoms with Crippen molar-refractivity contribution in [2.45, 2.75) is 71.8 Å². The lowest BCUT2D eigenvalue weighted by Crippen LogP contribution is -2.41. The second-order valence-electron chi connectivity index (χ2n) is 4.50. The number of hydrogen-bond acceptors (Lipinski definition) is 1. The van der Waals surface area contributed by atoms with E-state index in [-0.39, 0.29) is 6.03 Å². The van der Waals surface area contributed by atoms with Crippen molar-refractivity contribution >= 4 is 6.03 Å². The van der Waals surface area contributed by atoms with Crippen molar-refractivity contribution in [2.75, 3.05) is 6.54 Å². The van der Waals surface area contributed by atoms with E-state index in [1.807, 2.05) is 0 Å². The smallest absolute Gasteiger partial charge is 0.314 e. The van der Waals surface area contributed by atoms with Crippen LogP contribution in [-0.2, 0) is 0 Å². The van der Waals surface area contributed by atoms with Crippen LogP contribution in [0.3, 0.4) is 0 Å². The second-order valence-corrected chi connectivity index (χ2v) is 4.50. The van der Waals surface area contributed by atoms with Gasteiger partial charge in [0.2, 0.25) is 0 Å². The van der Waals surface area contributed by atoms with Crippen molar-refractivity contribution in [1.82, 2.24) is 10.6 Å². The van der Waals surface area contributed by atoms with Crippen LogP contribution >= 0.6 is 0 Å². The molecular weight excluding hydrogens is 200 g/mol. The molecule has 96 valence electrons. The molecule has 1 atom stereocenters. The molecule has 0 fully saturated rings. The van der Waals surface area contributed by atoms with E-state index in [1.165, 1.54) is 25.7 Å². The van der Waals surface area contributed by atoms with E-state index in [0.717, 1.165) is 25.8 Å². The molecule has 2 amide bonds. The first kappa shape index (κ1) is 15.3. The Kier molecular flexibility index (Phi) is 10.3. The number of hydrogen-bond donors (Lipinski definition) is 2. The van der Waals surface area contributed by atoms with Crippen LogP contribution in [0, 0.1) is 0 Å². The van der Waals surface area contributed by atoms with Crippen LogP contribution < -0.4 is 10.6 Å². The lowest BCUT2D eigenvalue weighted by atomic mass is 10.1. The normalized spacial score (nSPS) is 12.2. The summed E-state index contributed by atoms with van der Waals surface area (Å²) in [6.07, 6.45) is 8.31. The third kappa shape index (κ3) is 9.81. The second kappa shape index (κ2) is 10.8. The fraction of sp³-hybridized carbons (Fsp3) is 0.923. The molecule has 0 bridgehead atoms. The quantitative estimate of drug-likeness (QED) is 0.583. The van der Waals surface area contributed by atoms with Crippen LogP contribution in [0.2, 0.25) is 0 Å². The Bertz CT molecular complexity index is 171. The molecule has 0 aromatic carbocycles. The van der Waals surface area contributed by atoms with Gasteiger partial charge in [-0.3, -0.25) is 0 Å². The number of nitrogens with one attached hydrogen (secondary N) is 2. The first-order chi connectivity index (χ1) is 7.70. The summed E-state index contributed by atoms with van der Waals surface area (Å²) >= 11 is 0. The highest BCUT2D eigenvalue weighted by Gasteiger charge is 2.05. The molecule has 0 aliphatic rings. The third-order valence-corrected chi connectivity index (χ3v) is 2.68. The minimum Gasteiger partial charge on any atom is -0.338 e. The average Bonchev–Trinajstić information content (AvgIpc) is 2.25. The average molecular weight is 228 g/mol. The van der Waals surface area contributed by atoms with Gasteiger partial charge in [-0.2, -0.15) is 0 Å². The molecule has 0 aliphatic carbocycles. The van der Waals surface area contributed by atoms with Crippen molar-refractivity contribution in [3.63, 3.8) is 0 Å². The lowest BCUT2D eigenvalue weighted by Gasteiger charge is -2.14. The summed E-state index contributed by atoms with van der Waals surface area (Å²) in [5.74, 6) is 0. The number of rotatable bonds is 9. The lowest BCUT2D eigenvalue weighted by molar-refractivity contribution is 0.237. The van der Waals surface area contributed by atoms with E-state index in [0.29, 0.717) is 6.04 Å². The molecule has 0 spiro atoms. The number of unbranched alkanes of at least 4 members (excludes halogenated alkanes) is 4. The number of amides is 2. The van der Waals surface area contributed by atoms with E-state index in [4.69, 9.17) is 0 Å². The maximum absolute atomic E-state index is 11.4. The topological polar surface area (TPSA) is 41.1 Å². The Morgan fingerprint density at radius 2 is 1.75 bits per heavy atom. The number of carbonyl (C=O) groups is 1. The zero-order valence-electron chi connectivity index (χ0n) is 11.1. The first-order valence-electron chi connectivity index (χ1n) is 6.75. The van der Waals surface area contributed by atoms with Crippen molar-refractivity contribution in [3.05, 3.63) is 0 Å². The molecule has 2 N–H and O–H groups in total. The third-order valence-electron chi connectivity index (χ3n) is 2.68. The molecule has 0 aromatic heterocycles. The maximum Gasteiger partial charge on any atom is 0.314 e. The van der Waals surface area contributed by atoms with Gasteiger partial charge in [-0.25, -0.2) is 4.79 Å². The van der Waals surface area contributed by atoms with E-state index >= 15 is 0 Å². The molecule has 0 aliphatic heterocycles. The SMILES string of the molecule is CCCCCCC(C)NC(=O)NCCCC. The molecule has 0 rings (SSSR count). The fourth-order valence-electron chi connectivity index (χ4n) is 1.60. The molecule has 0 saturated heterocycles. The molecule has 0 aromatic rings. The number of carbonyl (C=O) groups excluding carboxylic acids is 1. The maximum atomic E-state index is 11.4. The fourth-order valence-corrected chi connectivity index (χ4v) is 1.60. The van der Waals surface area contributed by atoms with Crippen molar-refractivity contribution < 1.29 is 4.79 Å². The number of urea groups is 1. The summed E-state index contributed by atoms with van der Waals surface area (Å²) in [5, 5.41) is 5.83. The Morgan fingerprint density at radius 1 is 1.06 bits per heavy atom. The molecule has 1 unspecified atom stereocenters. The van der Waals surface area contributed by atoms with Gasteiger partial charge < -0.3 is 10.6 Å². The summed E-state index contributed by atoms with van der Waals surface area (Å²) in [4.78, 5) is 11.4. The van der Waals surface area contributed by atoms with Crippen molar-refractivity contribution in [1.29, 1.82) is 0 Å². The van der Waals surface area contributed by atoms with Gasteiger partial charge >= 0.3 is 6.03 Å². The van der Waals surface area contributed by atoms with Gasteiger partial charge in [0.15, 0.2) is 0 Å². The van der Waals surface area contributed by atoms with E-state index < -0.39 is 0 Å². The van der Waals surface area contributed by atoms with Gasteiger partial charge in [-0.05, 0) is 19.8 Å². The van der Waals surface area contributed by atoms with Gasteiger partial charge in [0, 0.05) is 12.6 Å². The molecule has 0 saturated carbocycles. The van der Waals surface area contributed by atoms with E-state index in [2.05, 4.69) is 31.4 Å². The zero-order chi connectivity index (χ0) is 12.2. The Morgan fingerprint density at radius 3 is 2.38 bits per heavy atom. The minimum atomic E-state index is -0.0172. The highest BCUT2D eigenvalue weighted by molar-refractivity contribution is 5.74. The Hall–Kier alpha value is -0.730. The highest BCUT2D eigenvalue weighted by Crippen LogP contribution is 2.04. The monoisotopic (exact) mass is 228 g/mol. The minimum absolute atomic E-state index is 0.0172. The predicted molar refractivity (Wildman–Crippen MR) is 69.7 cm³/mol. The molecule has 0 radical (unpaired) electrons. The summed E-state index contributed by atoms with van der Waals surface area (Å²) < 4.78 is 0. The molecule has 0 heterocycles. The van der Waals surface area contributed by atoms with Crippen molar-refractivity contribution in [2.24, 2.45) is 0 Å². The summed E-state index contributed by atoms with van der Waals surface area (Å²) in [6.45, 7) is 7.19. The van der Waals surface area contributed by atoms with Crippen LogP contribution in [0.1, 0.15) is 65.7 Å². The largest absolute Gasteiger partial charge is 0.338 e. The van der Waals surface area contributed by atoms with Crippen LogP contribution in [0.25, 0.3) is 0 Å². The molecule has 16 heavy (non-hydrogen) atoms. The van der Waals surface area contributed by atoms with Gasteiger partial charge in [0.1, 0.15) is 0 Å². The van der Waals surface area contributed by atoms with E-state index in [1.54, 1.807) is 0 Å². The highest BCUT2D eigenvalue weighted by atomic mass is 16.2. The summed E-state index contributed by atoms with van der Waals surface area (Å²) in [5.41, 5.74) is 0. The van der Waals surface area contributed by atoms with E-state index in [9.17, 15) is 4.79 Å². The predicted octanol–water partition coefficient (Wildman–Crippen LogP) is 3.44. The van der Waals surface area contributed by atoms with Gasteiger partial charge in [0.05, 0.1) is 0 Å². The van der Waals surface area contributed by atoms with Crippen LogP contribution in [-0.4, -0.2) is 18.6 Å². The van der Waals surface area contributed by atoms with Crippen LogP contribution in [0.4, 0.5) is 4.79 Å². The molecule has 3 nitrogen and oxygen atoms in total. The molecule has 3 heteroatoms. The van der Waals surface area contributed by atoms with Crippen LogP contribution in [0.5, 0.6) is 0 Å². The van der Waals surface area contributed by atoms with Crippen LogP contribution in [0.15, 0.2) is 0 Å². The standard InChI is InChI=1S/C13H28N2O/c1-4-6-8-9-10-12(3)15-13(16)14-11-7-5-2/h12H,4-11H2,1-3H3,(H2,14,15,16). The summed E-state index contributed by atoms with van der Waals surface area (Å²) in [7, 11) is 0.